The van der Waals surface area contributed by atoms with Crippen LogP contribution in [0.15, 0.2) is 34.8 Å². The highest BCUT2D eigenvalue weighted by molar-refractivity contribution is 9.10. The summed E-state index contributed by atoms with van der Waals surface area (Å²) in [5.41, 5.74) is 1.83. The molecule has 0 saturated carbocycles. The fourth-order valence-corrected chi connectivity index (χ4v) is 3.68. The summed E-state index contributed by atoms with van der Waals surface area (Å²) in [6, 6.07) is 9.15. The van der Waals surface area contributed by atoms with Gasteiger partial charge in [0.05, 0.1) is 6.61 Å². The van der Waals surface area contributed by atoms with E-state index in [1.54, 1.807) is 16.8 Å². The lowest BCUT2D eigenvalue weighted by Gasteiger charge is -2.16. The average molecular weight is 515 g/mol. The van der Waals surface area contributed by atoms with E-state index in [9.17, 15) is 0 Å². The van der Waals surface area contributed by atoms with Crippen LogP contribution in [0.3, 0.4) is 0 Å². The van der Waals surface area contributed by atoms with E-state index in [4.69, 9.17) is 32.7 Å². The number of rotatable bonds is 10. The van der Waals surface area contributed by atoms with Crippen LogP contribution in [0.25, 0.3) is 0 Å². The molecule has 2 aromatic carbocycles. The maximum absolute atomic E-state index is 6.25. The van der Waals surface area contributed by atoms with E-state index in [1.807, 2.05) is 25.1 Å². The van der Waals surface area contributed by atoms with Crippen molar-refractivity contribution < 1.29 is 9.47 Å². The number of anilines is 1. The normalized spacial score (nSPS) is 10.8. The molecule has 7 nitrogen and oxygen atoms in total. The largest absolute Gasteiger partial charge is 0.490 e. The Morgan fingerprint density at radius 3 is 2.60 bits per heavy atom. The lowest BCUT2D eigenvalue weighted by Crippen LogP contribution is -2.09. The molecule has 0 aliphatic heterocycles. The van der Waals surface area contributed by atoms with E-state index in [0.29, 0.717) is 47.3 Å². The zero-order valence-electron chi connectivity index (χ0n) is 16.7. The lowest BCUT2D eigenvalue weighted by atomic mass is 10.2. The van der Waals surface area contributed by atoms with Crippen molar-refractivity contribution in [3.05, 3.63) is 56.0 Å². The monoisotopic (exact) mass is 513 g/mol. The summed E-state index contributed by atoms with van der Waals surface area (Å²) < 4.78 is 14.4. The number of hydrogen-bond acceptors (Lipinski definition) is 6. The minimum Gasteiger partial charge on any atom is -0.490 e. The third kappa shape index (κ3) is 5.77. The van der Waals surface area contributed by atoms with Crippen molar-refractivity contribution in [3.63, 3.8) is 0 Å². The second kappa shape index (κ2) is 10.8. The van der Waals surface area contributed by atoms with Gasteiger partial charge >= 0.3 is 0 Å². The van der Waals surface area contributed by atoms with Crippen molar-refractivity contribution in [3.8, 4) is 11.5 Å². The first-order valence-corrected chi connectivity index (χ1v) is 11.1. The minimum atomic E-state index is 0.298. The van der Waals surface area contributed by atoms with Crippen LogP contribution in [0.4, 0.5) is 5.95 Å². The van der Waals surface area contributed by atoms with Gasteiger partial charge in [-0.1, -0.05) is 57.2 Å². The second-order valence-electron chi connectivity index (χ2n) is 6.43. The van der Waals surface area contributed by atoms with Gasteiger partial charge in [0.25, 0.3) is 0 Å². The Kier molecular flexibility index (Phi) is 8.18. The van der Waals surface area contributed by atoms with E-state index in [2.05, 4.69) is 43.7 Å². The van der Waals surface area contributed by atoms with E-state index >= 15 is 0 Å². The summed E-state index contributed by atoms with van der Waals surface area (Å²) in [4.78, 5) is 0. The topological polar surface area (TPSA) is 74.1 Å². The van der Waals surface area contributed by atoms with Crippen LogP contribution < -0.4 is 14.8 Å². The summed E-state index contributed by atoms with van der Waals surface area (Å²) in [5, 5.41) is 16.2. The molecule has 30 heavy (non-hydrogen) atoms. The highest BCUT2D eigenvalue weighted by Gasteiger charge is 2.13. The number of hydrogen-bond donors (Lipinski definition) is 1. The molecule has 160 valence electrons. The van der Waals surface area contributed by atoms with E-state index in [1.165, 1.54) is 0 Å². The molecular formula is C20H22BrCl2N5O2. The van der Waals surface area contributed by atoms with Gasteiger partial charge < -0.3 is 14.8 Å². The average Bonchev–Trinajstić information content (AvgIpc) is 3.15. The Balaban J connectivity index is 1.75. The lowest BCUT2D eigenvalue weighted by molar-refractivity contribution is 0.269. The number of benzene rings is 2. The van der Waals surface area contributed by atoms with E-state index < -0.39 is 0 Å². The molecule has 0 spiro atoms. The van der Waals surface area contributed by atoms with E-state index in [0.717, 1.165) is 28.6 Å². The molecule has 3 aromatic rings. The van der Waals surface area contributed by atoms with Gasteiger partial charge in [0.1, 0.15) is 6.61 Å². The van der Waals surface area contributed by atoms with Crippen molar-refractivity contribution in [2.75, 3.05) is 11.9 Å². The van der Waals surface area contributed by atoms with Gasteiger partial charge in [-0.3, -0.25) is 0 Å². The molecule has 0 aliphatic carbocycles. The highest BCUT2D eigenvalue weighted by Crippen LogP contribution is 2.35. The van der Waals surface area contributed by atoms with Crippen LogP contribution in [0.2, 0.25) is 10.0 Å². The van der Waals surface area contributed by atoms with Gasteiger partial charge in [-0.05, 0) is 53.6 Å². The summed E-state index contributed by atoms with van der Waals surface area (Å²) in [7, 11) is 0. The molecule has 0 fully saturated rings. The predicted molar refractivity (Wildman–Crippen MR) is 122 cm³/mol. The van der Waals surface area contributed by atoms with Crippen molar-refractivity contribution >= 4 is 45.1 Å². The predicted octanol–water partition coefficient (Wildman–Crippen LogP) is 5.74. The molecule has 1 N–H and O–H groups in total. The number of aryl methyl sites for hydroxylation is 1. The third-order valence-corrected chi connectivity index (χ3v) is 5.54. The minimum absolute atomic E-state index is 0.298. The zero-order valence-corrected chi connectivity index (χ0v) is 19.8. The standard InChI is InChI=1S/C20H22BrCl2N5O2/c1-3-7-28-20(25-26-27-28)24-11-14-8-18(29-4-2)19(10-16(14)21)30-12-13-5-6-15(22)9-17(13)23/h5-6,8-10H,3-4,7,11-12H2,1-2H3,(H,24,25,27). The van der Waals surface area contributed by atoms with Crippen LogP contribution in [0.5, 0.6) is 11.5 Å². The Bertz CT molecular complexity index is 999. The van der Waals surface area contributed by atoms with Gasteiger partial charge in [0, 0.05) is 33.2 Å². The SMILES string of the molecule is CCCn1nnnc1NCc1cc(OCC)c(OCc2ccc(Cl)cc2Cl)cc1Br. The number of halogens is 3. The molecule has 1 aromatic heterocycles. The van der Waals surface area contributed by atoms with Crippen molar-refractivity contribution in [1.29, 1.82) is 0 Å². The molecule has 0 saturated heterocycles. The summed E-state index contributed by atoms with van der Waals surface area (Å²) in [6.45, 7) is 6.09. The van der Waals surface area contributed by atoms with Crippen LogP contribution >= 0.6 is 39.1 Å². The maximum Gasteiger partial charge on any atom is 0.243 e. The van der Waals surface area contributed by atoms with Crippen LogP contribution in [-0.4, -0.2) is 26.8 Å². The first-order valence-electron chi connectivity index (χ1n) is 9.53. The molecule has 0 atom stereocenters. The van der Waals surface area contributed by atoms with Gasteiger partial charge in [-0.25, -0.2) is 4.68 Å². The zero-order chi connectivity index (χ0) is 21.5. The Morgan fingerprint density at radius 2 is 1.87 bits per heavy atom. The molecular weight excluding hydrogens is 493 g/mol. The Labute approximate surface area is 193 Å². The van der Waals surface area contributed by atoms with Crippen molar-refractivity contribution in [1.82, 2.24) is 20.2 Å². The first kappa shape index (κ1) is 22.7. The van der Waals surface area contributed by atoms with Gasteiger partial charge in [-0.15, -0.1) is 0 Å². The van der Waals surface area contributed by atoms with Gasteiger partial charge in [0.15, 0.2) is 11.5 Å². The number of ether oxygens (including phenoxy) is 2. The molecule has 0 radical (unpaired) electrons. The molecule has 1 heterocycles. The fraction of sp³-hybridized carbons (Fsp3) is 0.350. The van der Waals surface area contributed by atoms with Gasteiger partial charge in [0.2, 0.25) is 5.95 Å². The highest BCUT2D eigenvalue weighted by atomic mass is 79.9. The van der Waals surface area contributed by atoms with E-state index in [-0.39, 0.29) is 0 Å². The second-order valence-corrected chi connectivity index (χ2v) is 8.12. The van der Waals surface area contributed by atoms with Crippen LogP contribution in [0.1, 0.15) is 31.4 Å². The van der Waals surface area contributed by atoms with Gasteiger partial charge in [-0.2, -0.15) is 0 Å². The maximum atomic E-state index is 6.25. The fourth-order valence-electron chi connectivity index (χ4n) is 2.76. The molecule has 0 amide bonds. The number of nitrogens with zero attached hydrogens (tertiary/aromatic N) is 4. The first-order chi connectivity index (χ1) is 14.5. The van der Waals surface area contributed by atoms with Crippen molar-refractivity contribution in [2.24, 2.45) is 0 Å². The molecule has 0 bridgehead atoms. The van der Waals surface area contributed by atoms with Crippen molar-refractivity contribution in [2.45, 2.75) is 40.0 Å². The number of tetrazole rings is 1. The molecule has 0 aliphatic rings. The molecule has 10 heteroatoms. The Hall–Kier alpha value is -2.03. The smallest absolute Gasteiger partial charge is 0.243 e. The Morgan fingerprint density at radius 1 is 1.07 bits per heavy atom. The molecule has 3 rings (SSSR count). The summed E-state index contributed by atoms with van der Waals surface area (Å²) in [6.07, 6.45) is 0.946. The number of nitrogens with one attached hydrogen (secondary N) is 1. The van der Waals surface area contributed by atoms with Crippen LogP contribution in [-0.2, 0) is 19.7 Å². The summed E-state index contributed by atoms with van der Waals surface area (Å²) >= 11 is 15.8. The number of aromatic nitrogens is 4. The summed E-state index contributed by atoms with van der Waals surface area (Å²) in [5.74, 6) is 1.89. The third-order valence-electron chi connectivity index (χ3n) is 4.22. The quantitative estimate of drug-likeness (QED) is 0.371. The molecule has 0 unspecified atom stereocenters. The van der Waals surface area contributed by atoms with Crippen LogP contribution in [0, 0.1) is 0 Å².